The molecule has 2 aromatic carbocycles. The first-order valence-corrected chi connectivity index (χ1v) is 11.4. The molecule has 5 rings (SSSR count). The van der Waals surface area contributed by atoms with Crippen LogP contribution in [0.1, 0.15) is 55.2 Å². The van der Waals surface area contributed by atoms with E-state index in [1.807, 2.05) is 31.2 Å². The fraction of sp³-hybridized carbons (Fsp3) is 0.346. The fourth-order valence-corrected chi connectivity index (χ4v) is 4.77. The van der Waals surface area contributed by atoms with Gasteiger partial charge in [-0.15, -0.1) is 0 Å². The summed E-state index contributed by atoms with van der Waals surface area (Å²) in [6.45, 7) is 3.15. The van der Waals surface area contributed by atoms with Crippen molar-refractivity contribution < 1.29 is 18.8 Å². The molecule has 0 radical (unpaired) electrons. The lowest BCUT2D eigenvalue weighted by Crippen LogP contribution is -2.43. The number of amides is 4. The number of rotatable bonds is 5. The Hall–Kier alpha value is -3.61. The van der Waals surface area contributed by atoms with Gasteiger partial charge in [-0.2, -0.15) is 0 Å². The highest BCUT2D eigenvalue weighted by atomic mass is 16.3. The van der Waals surface area contributed by atoms with Crippen LogP contribution in [0.3, 0.4) is 0 Å². The van der Waals surface area contributed by atoms with Gasteiger partial charge in [0, 0.05) is 5.39 Å². The van der Waals surface area contributed by atoms with Crippen LogP contribution in [-0.2, 0) is 28.0 Å². The minimum Gasteiger partial charge on any atom is -0.458 e. The molecular weight excluding hydrogens is 418 g/mol. The molecule has 2 atom stereocenters. The summed E-state index contributed by atoms with van der Waals surface area (Å²) in [6, 6.07) is 14.6. The molecule has 2 N–H and O–H groups in total. The van der Waals surface area contributed by atoms with E-state index in [1.165, 1.54) is 24.0 Å². The van der Waals surface area contributed by atoms with Gasteiger partial charge in [-0.3, -0.25) is 14.5 Å². The third-order valence-corrected chi connectivity index (χ3v) is 6.75. The van der Waals surface area contributed by atoms with Gasteiger partial charge in [0.15, 0.2) is 5.54 Å². The van der Waals surface area contributed by atoms with Crippen molar-refractivity contribution in [3.05, 3.63) is 71.0 Å². The van der Waals surface area contributed by atoms with Gasteiger partial charge in [-0.1, -0.05) is 36.4 Å². The van der Waals surface area contributed by atoms with Crippen LogP contribution in [0.4, 0.5) is 4.79 Å². The molecule has 1 aromatic heterocycles. The van der Waals surface area contributed by atoms with E-state index < -0.39 is 23.4 Å². The topological polar surface area (TPSA) is 91.7 Å². The Labute approximate surface area is 192 Å². The average Bonchev–Trinajstić information content (AvgIpc) is 3.34. The molecule has 33 heavy (non-hydrogen) atoms. The molecule has 2 aliphatic rings. The van der Waals surface area contributed by atoms with E-state index in [4.69, 9.17) is 4.42 Å². The van der Waals surface area contributed by atoms with Crippen molar-refractivity contribution >= 4 is 28.8 Å². The highest BCUT2D eigenvalue weighted by Crippen LogP contribution is 2.33. The number of urea groups is 1. The van der Waals surface area contributed by atoms with Crippen LogP contribution in [0.15, 0.2) is 52.9 Å². The lowest BCUT2D eigenvalue weighted by atomic mass is 9.89. The average molecular weight is 446 g/mol. The van der Waals surface area contributed by atoms with Gasteiger partial charge in [0.2, 0.25) is 5.91 Å². The zero-order valence-electron chi connectivity index (χ0n) is 18.8. The number of furan rings is 1. The molecule has 170 valence electrons. The van der Waals surface area contributed by atoms with Crippen LogP contribution < -0.4 is 10.6 Å². The number of carbonyl (C=O) groups is 3. The predicted molar refractivity (Wildman–Crippen MR) is 123 cm³/mol. The van der Waals surface area contributed by atoms with Crippen molar-refractivity contribution in [3.8, 4) is 0 Å². The number of carbonyl (C=O) groups excluding carboxylic acids is 3. The van der Waals surface area contributed by atoms with Gasteiger partial charge in [0.05, 0.1) is 6.04 Å². The van der Waals surface area contributed by atoms with Crippen molar-refractivity contribution in [2.45, 2.75) is 51.1 Å². The van der Waals surface area contributed by atoms with Gasteiger partial charge < -0.3 is 15.1 Å². The molecule has 2 heterocycles. The van der Waals surface area contributed by atoms with E-state index in [0.29, 0.717) is 11.3 Å². The second-order valence-electron chi connectivity index (χ2n) is 9.12. The van der Waals surface area contributed by atoms with Crippen LogP contribution in [0.25, 0.3) is 11.0 Å². The standard InChI is InChI=1S/C26H27N3O4/c1-16(18-12-11-17-7-3-4-8-19(17)13-18)27-23(30)15-29-24(31)26(2,28-25(29)32)22-14-20-9-5-6-10-21(20)33-22/h5-6,9-14,16H,3-4,7-8,15H2,1-2H3,(H,27,30)(H,28,32)/t16-,26-/m0/s1. The number of fused-ring (bicyclic) bond motifs is 2. The summed E-state index contributed by atoms with van der Waals surface area (Å²) in [5.74, 6) is -0.562. The van der Waals surface area contributed by atoms with Crippen molar-refractivity contribution in [2.24, 2.45) is 0 Å². The first-order chi connectivity index (χ1) is 15.8. The molecule has 1 aliphatic carbocycles. The fourth-order valence-electron chi connectivity index (χ4n) is 4.77. The van der Waals surface area contributed by atoms with Gasteiger partial charge in [0.25, 0.3) is 5.91 Å². The normalized spacial score (nSPS) is 21.1. The number of imide groups is 1. The molecule has 0 saturated carbocycles. The zero-order chi connectivity index (χ0) is 23.2. The Kier molecular flexibility index (Phi) is 5.19. The number of hydrogen-bond acceptors (Lipinski definition) is 4. The molecule has 1 saturated heterocycles. The molecule has 0 unspecified atom stereocenters. The van der Waals surface area contributed by atoms with Gasteiger partial charge >= 0.3 is 6.03 Å². The lowest BCUT2D eigenvalue weighted by Gasteiger charge is -2.21. The zero-order valence-corrected chi connectivity index (χ0v) is 18.8. The number of nitrogens with one attached hydrogen (secondary N) is 2. The summed E-state index contributed by atoms with van der Waals surface area (Å²) in [7, 11) is 0. The van der Waals surface area contributed by atoms with E-state index >= 15 is 0 Å². The first-order valence-electron chi connectivity index (χ1n) is 11.4. The van der Waals surface area contributed by atoms with Crippen LogP contribution in [0, 0.1) is 0 Å². The smallest absolute Gasteiger partial charge is 0.325 e. The van der Waals surface area contributed by atoms with Crippen molar-refractivity contribution in [2.75, 3.05) is 6.54 Å². The van der Waals surface area contributed by atoms with E-state index in [-0.39, 0.29) is 12.6 Å². The second kappa shape index (κ2) is 8.06. The third kappa shape index (κ3) is 3.77. The van der Waals surface area contributed by atoms with E-state index in [1.54, 1.807) is 19.1 Å². The molecule has 4 amide bonds. The molecule has 3 aromatic rings. The first kappa shape index (κ1) is 21.2. The maximum absolute atomic E-state index is 13.2. The molecule has 7 heteroatoms. The summed E-state index contributed by atoms with van der Waals surface area (Å²) in [6.07, 6.45) is 4.57. The van der Waals surface area contributed by atoms with Crippen molar-refractivity contribution in [1.82, 2.24) is 15.5 Å². The van der Waals surface area contributed by atoms with Gasteiger partial charge in [-0.05, 0) is 68.4 Å². The summed E-state index contributed by atoms with van der Waals surface area (Å²) in [5, 5.41) is 6.46. The van der Waals surface area contributed by atoms with Gasteiger partial charge in [-0.25, -0.2) is 4.79 Å². The second-order valence-corrected chi connectivity index (χ2v) is 9.12. The number of para-hydroxylation sites is 1. The van der Waals surface area contributed by atoms with E-state index in [9.17, 15) is 14.4 Å². The maximum Gasteiger partial charge on any atom is 0.325 e. The van der Waals surface area contributed by atoms with E-state index in [0.717, 1.165) is 28.7 Å². The third-order valence-electron chi connectivity index (χ3n) is 6.75. The lowest BCUT2D eigenvalue weighted by molar-refractivity contribution is -0.135. The number of hydrogen-bond donors (Lipinski definition) is 2. The van der Waals surface area contributed by atoms with Crippen LogP contribution in [-0.4, -0.2) is 29.3 Å². The van der Waals surface area contributed by atoms with Crippen molar-refractivity contribution in [1.29, 1.82) is 0 Å². The number of nitrogens with zero attached hydrogens (tertiary/aromatic N) is 1. The molecule has 0 bridgehead atoms. The Balaban J connectivity index is 1.28. The number of benzene rings is 2. The summed E-state index contributed by atoms with van der Waals surface area (Å²) < 4.78 is 5.83. The summed E-state index contributed by atoms with van der Waals surface area (Å²) in [4.78, 5) is 39.5. The van der Waals surface area contributed by atoms with Crippen LogP contribution in [0.2, 0.25) is 0 Å². The highest BCUT2D eigenvalue weighted by Gasteiger charge is 2.51. The van der Waals surface area contributed by atoms with Crippen LogP contribution >= 0.6 is 0 Å². The quantitative estimate of drug-likeness (QED) is 0.582. The SMILES string of the molecule is C[C@H](NC(=O)CN1C(=O)N[C@@](C)(c2cc3ccccc3o2)C1=O)c1ccc2c(c1)CCCC2. The Morgan fingerprint density at radius 3 is 2.67 bits per heavy atom. The summed E-state index contributed by atoms with van der Waals surface area (Å²) >= 11 is 0. The van der Waals surface area contributed by atoms with Crippen molar-refractivity contribution in [3.63, 3.8) is 0 Å². The minimum atomic E-state index is -1.36. The molecule has 1 fully saturated rings. The monoisotopic (exact) mass is 445 g/mol. The summed E-state index contributed by atoms with van der Waals surface area (Å²) in [5.41, 5.74) is 3.02. The minimum absolute atomic E-state index is 0.229. The molecular formula is C26H27N3O4. The van der Waals surface area contributed by atoms with Crippen LogP contribution in [0.5, 0.6) is 0 Å². The van der Waals surface area contributed by atoms with Gasteiger partial charge in [0.1, 0.15) is 17.9 Å². The predicted octanol–water partition coefficient (Wildman–Crippen LogP) is 3.96. The molecule has 7 nitrogen and oxygen atoms in total. The van der Waals surface area contributed by atoms with E-state index in [2.05, 4.69) is 22.8 Å². The Morgan fingerprint density at radius 1 is 1.12 bits per heavy atom. The Bertz CT molecular complexity index is 1230. The highest BCUT2D eigenvalue weighted by molar-refractivity contribution is 6.09. The maximum atomic E-state index is 13.2. The largest absolute Gasteiger partial charge is 0.458 e. The molecule has 1 aliphatic heterocycles. The number of aryl methyl sites for hydroxylation is 2. The molecule has 0 spiro atoms. The Morgan fingerprint density at radius 2 is 1.88 bits per heavy atom.